The molecule has 182 valence electrons. The van der Waals surface area contributed by atoms with Gasteiger partial charge in [-0.25, -0.2) is 8.42 Å². The fourth-order valence-corrected chi connectivity index (χ4v) is 5.06. The zero-order valence-electron chi connectivity index (χ0n) is 19.1. The van der Waals surface area contributed by atoms with Gasteiger partial charge in [0, 0.05) is 38.0 Å². The average Bonchev–Trinajstić information content (AvgIpc) is 3.43. The molecule has 2 amide bonds. The number of benzene rings is 2. The van der Waals surface area contributed by atoms with Crippen LogP contribution in [0, 0.1) is 0 Å². The molecular formula is C26H27N3O5S. The van der Waals surface area contributed by atoms with Crippen molar-refractivity contribution in [2.24, 2.45) is 0 Å². The largest absolute Gasteiger partial charge is 0.459 e. The van der Waals surface area contributed by atoms with Gasteiger partial charge in [0.25, 0.3) is 5.91 Å². The Labute approximate surface area is 204 Å². The van der Waals surface area contributed by atoms with Gasteiger partial charge in [-0.3, -0.25) is 9.59 Å². The van der Waals surface area contributed by atoms with Crippen LogP contribution in [-0.2, 0) is 21.2 Å². The van der Waals surface area contributed by atoms with Gasteiger partial charge in [0.05, 0.1) is 6.26 Å². The molecule has 1 unspecified atom stereocenters. The Kier molecular flexibility index (Phi) is 7.79. The third-order valence-corrected chi connectivity index (χ3v) is 7.34. The summed E-state index contributed by atoms with van der Waals surface area (Å²) in [6, 6.07) is 20.9. The highest BCUT2D eigenvalue weighted by molar-refractivity contribution is 7.92. The lowest BCUT2D eigenvalue weighted by Crippen LogP contribution is -2.56. The van der Waals surface area contributed by atoms with Crippen LogP contribution in [0.4, 0.5) is 0 Å². The van der Waals surface area contributed by atoms with Crippen LogP contribution < -0.4 is 5.32 Å². The summed E-state index contributed by atoms with van der Waals surface area (Å²) in [5.41, 5.74) is 1.69. The third-order valence-electron chi connectivity index (χ3n) is 5.77. The Morgan fingerprint density at radius 2 is 1.57 bits per heavy atom. The van der Waals surface area contributed by atoms with E-state index in [9.17, 15) is 18.0 Å². The molecule has 1 atom stereocenters. The molecule has 1 fully saturated rings. The lowest BCUT2D eigenvalue weighted by molar-refractivity contribution is -0.134. The summed E-state index contributed by atoms with van der Waals surface area (Å²) in [4.78, 5) is 27.6. The first-order valence-corrected chi connectivity index (χ1v) is 12.8. The molecule has 1 N–H and O–H groups in total. The molecule has 1 aromatic heterocycles. The van der Waals surface area contributed by atoms with Crippen molar-refractivity contribution in [1.29, 1.82) is 0 Å². The summed E-state index contributed by atoms with van der Waals surface area (Å²) >= 11 is 0. The second kappa shape index (κ2) is 11.2. The number of amides is 2. The zero-order valence-corrected chi connectivity index (χ0v) is 19.9. The smallest absolute Gasteiger partial charge is 0.287 e. The standard InChI is InChI=1S/C26H27N3O5S/c30-25(24-12-7-18-34-24)27-23(20-22-10-5-2-6-11-22)26(31)28-14-16-29(17-15-28)35(32,33)19-13-21-8-3-1-4-9-21/h1-13,18-19,23H,14-17,20H2,(H,27,30). The lowest BCUT2D eigenvalue weighted by Gasteiger charge is -2.35. The van der Waals surface area contributed by atoms with Gasteiger partial charge in [-0.05, 0) is 29.3 Å². The fourth-order valence-electron chi connectivity index (χ4n) is 3.89. The Morgan fingerprint density at radius 3 is 2.20 bits per heavy atom. The fraction of sp³-hybridized carbons (Fsp3) is 0.231. The van der Waals surface area contributed by atoms with Crippen LogP contribution >= 0.6 is 0 Å². The highest BCUT2D eigenvalue weighted by Gasteiger charge is 2.32. The summed E-state index contributed by atoms with van der Waals surface area (Å²) in [7, 11) is -3.62. The molecule has 1 aliphatic heterocycles. The van der Waals surface area contributed by atoms with Gasteiger partial charge < -0.3 is 14.6 Å². The number of rotatable bonds is 8. The topological polar surface area (TPSA) is 99.9 Å². The van der Waals surface area contributed by atoms with Gasteiger partial charge in [0.15, 0.2) is 5.76 Å². The summed E-state index contributed by atoms with van der Waals surface area (Å²) in [5, 5.41) is 3.97. The molecule has 1 aliphatic rings. The minimum atomic E-state index is -3.62. The Hall–Kier alpha value is -3.69. The minimum absolute atomic E-state index is 0.122. The molecule has 2 heterocycles. The third kappa shape index (κ3) is 6.46. The number of carbonyl (C=O) groups is 2. The van der Waals surface area contributed by atoms with E-state index in [-0.39, 0.29) is 37.8 Å². The van der Waals surface area contributed by atoms with Crippen molar-refractivity contribution in [3.8, 4) is 0 Å². The molecule has 9 heteroatoms. The zero-order chi connectivity index (χ0) is 24.7. The van der Waals surface area contributed by atoms with Gasteiger partial charge in [-0.15, -0.1) is 0 Å². The van der Waals surface area contributed by atoms with Gasteiger partial charge in [-0.2, -0.15) is 4.31 Å². The molecule has 0 aliphatic carbocycles. The van der Waals surface area contributed by atoms with E-state index in [2.05, 4.69) is 5.32 Å². The number of hydrogen-bond donors (Lipinski definition) is 1. The maximum atomic E-state index is 13.4. The molecule has 0 bridgehead atoms. The Morgan fingerprint density at radius 1 is 0.914 bits per heavy atom. The molecule has 2 aromatic carbocycles. The first kappa shape index (κ1) is 24.4. The quantitative estimate of drug-likeness (QED) is 0.520. The number of furan rings is 1. The second-order valence-corrected chi connectivity index (χ2v) is 9.99. The molecule has 8 nitrogen and oxygen atoms in total. The van der Waals surface area contributed by atoms with Crippen LogP contribution in [0.15, 0.2) is 88.9 Å². The van der Waals surface area contributed by atoms with Crippen molar-refractivity contribution < 1.29 is 22.4 Å². The van der Waals surface area contributed by atoms with E-state index in [0.29, 0.717) is 6.42 Å². The van der Waals surface area contributed by atoms with Crippen LogP contribution in [0.5, 0.6) is 0 Å². The minimum Gasteiger partial charge on any atom is -0.459 e. The average molecular weight is 494 g/mol. The van der Waals surface area contributed by atoms with Gasteiger partial charge in [0.2, 0.25) is 15.9 Å². The molecule has 0 radical (unpaired) electrons. The van der Waals surface area contributed by atoms with Crippen molar-refractivity contribution in [3.63, 3.8) is 0 Å². The number of nitrogens with zero attached hydrogens (tertiary/aromatic N) is 2. The Bertz CT molecular complexity index is 1250. The van der Waals surface area contributed by atoms with Gasteiger partial charge >= 0.3 is 0 Å². The molecule has 0 saturated carbocycles. The van der Waals surface area contributed by atoms with Crippen molar-refractivity contribution in [2.75, 3.05) is 26.2 Å². The normalized spacial score (nSPS) is 15.7. The predicted octanol–water partition coefficient (Wildman–Crippen LogP) is 2.77. The summed E-state index contributed by atoms with van der Waals surface area (Å²) in [6.45, 7) is 0.826. The number of piperazine rings is 1. The number of sulfonamides is 1. The summed E-state index contributed by atoms with van der Waals surface area (Å²) in [5.74, 6) is -0.612. The van der Waals surface area contributed by atoms with E-state index in [0.717, 1.165) is 11.1 Å². The monoisotopic (exact) mass is 493 g/mol. The maximum Gasteiger partial charge on any atom is 0.287 e. The molecular weight excluding hydrogens is 466 g/mol. The van der Waals surface area contributed by atoms with Gasteiger partial charge in [-0.1, -0.05) is 60.7 Å². The predicted molar refractivity (Wildman–Crippen MR) is 133 cm³/mol. The first-order chi connectivity index (χ1) is 16.9. The van der Waals surface area contributed by atoms with E-state index in [1.807, 2.05) is 60.7 Å². The molecule has 4 rings (SSSR count). The number of carbonyl (C=O) groups excluding carboxylic acids is 2. The van der Waals surface area contributed by atoms with Crippen LogP contribution in [0.2, 0.25) is 0 Å². The maximum absolute atomic E-state index is 13.4. The van der Waals surface area contributed by atoms with Crippen LogP contribution in [0.25, 0.3) is 6.08 Å². The number of hydrogen-bond acceptors (Lipinski definition) is 5. The van der Waals surface area contributed by atoms with Crippen LogP contribution in [0.1, 0.15) is 21.7 Å². The first-order valence-electron chi connectivity index (χ1n) is 11.3. The summed E-state index contributed by atoms with van der Waals surface area (Å²) in [6.07, 6.45) is 3.27. The Balaban J connectivity index is 1.41. The van der Waals surface area contributed by atoms with E-state index >= 15 is 0 Å². The highest BCUT2D eigenvalue weighted by Crippen LogP contribution is 2.14. The van der Waals surface area contributed by atoms with Crippen molar-refractivity contribution in [1.82, 2.24) is 14.5 Å². The van der Waals surface area contributed by atoms with Crippen molar-refractivity contribution in [3.05, 3.63) is 101 Å². The van der Waals surface area contributed by atoms with Crippen molar-refractivity contribution >= 4 is 27.9 Å². The SMILES string of the molecule is O=C(NC(Cc1ccccc1)C(=O)N1CCN(S(=O)(=O)C=Cc2ccccc2)CC1)c1ccco1. The van der Waals surface area contributed by atoms with Crippen molar-refractivity contribution in [2.45, 2.75) is 12.5 Å². The highest BCUT2D eigenvalue weighted by atomic mass is 32.2. The van der Waals surface area contributed by atoms with E-state index in [1.165, 1.54) is 22.0 Å². The molecule has 0 spiro atoms. The van der Waals surface area contributed by atoms with Gasteiger partial charge in [0.1, 0.15) is 6.04 Å². The van der Waals surface area contributed by atoms with Crippen LogP contribution in [0.3, 0.4) is 0 Å². The van der Waals surface area contributed by atoms with Crippen LogP contribution in [-0.4, -0.2) is 61.7 Å². The van der Waals surface area contributed by atoms with E-state index < -0.39 is 22.0 Å². The molecule has 1 saturated heterocycles. The number of nitrogens with one attached hydrogen (secondary N) is 1. The second-order valence-electron chi connectivity index (χ2n) is 8.18. The van der Waals surface area contributed by atoms with E-state index in [1.54, 1.807) is 17.0 Å². The van der Waals surface area contributed by atoms with E-state index in [4.69, 9.17) is 4.42 Å². The molecule has 3 aromatic rings. The summed E-state index contributed by atoms with van der Waals surface area (Å²) < 4.78 is 32.0. The lowest BCUT2D eigenvalue weighted by atomic mass is 10.0. The molecule has 35 heavy (non-hydrogen) atoms.